The lowest BCUT2D eigenvalue weighted by Gasteiger charge is -2.18. The van der Waals surface area contributed by atoms with E-state index in [2.05, 4.69) is 39.9 Å². The van der Waals surface area contributed by atoms with Gasteiger partial charge in [-0.2, -0.15) is 0 Å². The second-order valence-corrected chi connectivity index (χ2v) is 8.44. The van der Waals surface area contributed by atoms with Crippen LogP contribution in [0.4, 0.5) is 5.69 Å². The molecule has 2 N–H and O–H groups in total. The molecule has 0 saturated heterocycles. The van der Waals surface area contributed by atoms with Crippen LogP contribution in [0, 0.1) is 0 Å². The summed E-state index contributed by atoms with van der Waals surface area (Å²) in [6.07, 6.45) is 0. The average Bonchev–Trinajstić information content (AvgIpc) is 3.31. The highest BCUT2D eigenvalue weighted by Crippen LogP contribution is 2.31. The van der Waals surface area contributed by atoms with Gasteiger partial charge in [0.2, 0.25) is 5.89 Å². The van der Waals surface area contributed by atoms with Gasteiger partial charge >= 0.3 is 0 Å². The van der Waals surface area contributed by atoms with Crippen LogP contribution >= 0.6 is 12.2 Å². The van der Waals surface area contributed by atoms with E-state index in [9.17, 15) is 4.79 Å². The van der Waals surface area contributed by atoms with Crippen molar-refractivity contribution in [1.29, 1.82) is 0 Å². The first kappa shape index (κ1) is 21.1. The Balaban J connectivity index is 1.17. The topological polar surface area (TPSA) is 85.6 Å². The first-order valence-corrected chi connectivity index (χ1v) is 11.4. The van der Waals surface area contributed by atoms with E-state index in [1.54, 1.807) is 18.2 Å². The van der Waals surface area contributed by atoms with Gasteiger partial charge in [-0.15, -0.1) is 0 Å². The number of ether oxygens (including phenoxy) is 2. The van der Waals surface area contributed by atoms with Gasteiger partial charge in [-0.05, 0) is 71.5 Å². The summed E-state index contributed by atoms with van der Waals surface area (Å²) in [6.45, 7) is 0.942. The third kappa shape index (κ3) is 4.27. The van der Waals surface area contributed by atoms with E-state index < -0.39 is 0 Å². The number of rotatable bonds is 3. The van der Waals surface area contributed by atoms with E-state index in [1.165, 1.54) is 0 Å². The van der Waals surface area contributed by atoms with E-state index in [0.717, 1.165) is 16.3 Å². The Bertz CT molecular complexity index is 1610. The van der Waals surface area contributed by atoms with Gasteiger partial charge in [0, 0.05) is 16.8 Å². The largest absolute Gasteiger partial charge is 0.486 e. The maximum atomic E-state index is 12.6. The van der Waals surface area contributed by atoms with E-state index in [4.69, 9.17) is 26.1 Å². The third-order valence-electron chi connectivity index (χ3n) is 5.67. The molecule has 0 spiro atoms. The fourth-order valence-electron chi connectivity index (χ4n) is 3.97. The van der Waals surface area contributed by atoms with E-state index >= 15 is 0 Å². The van der Waals surface area contributed by atoms with Crippen LogP contribution in [0.25, 0.3) is 33.3 Å². The predicted octanol–water partition coefficient (Wildman–Crippen LogP) is 5.55. The highest BCUT2D eigenvalue weighted by Gasteiger charge is 2.16. The molecule has 35 heavy (non-hydrogen) atoms. The quantitative estimate of drug-likeness (QED) is 0.327. The van der Waals surface area contributed by atoms with Gasteiger partial charge in [0.05, 0.1) is 0 Å². The van der Waals surface area contributed by atoms with Gasteiger partial charge in [0.15, 0.2) is 22.2 Å². The van der Waals surface area contributed by atoms with E-state index in [1.807, 2.05) is 36.4 Å². The molecule has 1 amide bonds. The van der Waals surface area contributed by atoms with Crippen molar-refractivity contribution < 1.29 is 18.7 Å². The third-order valence-corrected chi connectivity index (χ3v) is 5.88. The van der Waals surface area contributed by atoms with Gasteiger partial charge in [-0.25, -0.2) is 4.98 Å². The van der Waals surface area contributed by atoms with E-state index in [-0.39, 0.29) is 11.0 Å². The Morgan fingerprint density at radius 1 is 0.857 bits per heavy atom. The molecule has 0 unspecified atom stereocenters. The molecule has 0 saturated carbocycles. The molecule has 172 valence electrons. The SMILES string of the molecule is O=C(NC(=S)Nc1ccc2oc(-c3ccc4ccccc4c3)nc2c1)c1ccc2c(c1)OCCO2. The Morgan fingerprint density at radius 2 is 1.69 bits per heavy atom. The summed E-state index contributed by atoms with van der Waals surface area (Å²) in [6, 6.07) is 24.7. The number of nitrogens with zero attached hydrogens (tertiary/aromatic N) is 1. The number of fused-ring (bicyclic) bond motifs is 3. The molecule has 5 aromatic rings. The predicted molar refractivity (Wildman–Crippen MR) is 138 cm³/mol. The first-order valence-electron chi connectivity index (χ1n) is 11.0. The molecule has 0 radical (unpaired) electrons. The Morgan fingerprint density at radius 3 is 2.57 bits per heavy atom. The van der Waals surface area contributed by atoms with Crippen LogP contribution in [0.1, 0.15) is 10.4 Å². The molecule has 0 aliphatic carbocycles. The Hall–Kier alpha value is -4.43. The number of nitrogens with one attached hydrogen (secondary N) is 2. The summed E-state index contributed by atoms with van der Waals surface area (Å²) in [7, 11) is 0. The molecule has 8 heteroatoms. The number of carbonyl (C=O) groups excluding carboxylic acids is 1. The number of anilines is 1. The minimum Gasteiger partial charge on any atom is -0.486 e. The van der Waals surface area contributed by atoms with Crippen molar-refractivity contribution in [3.63, 3.8) is 0 Å². The number of aromatic nitrogens is 1. The second-order valence-electron chi connectivity index (χ2n) is 8.03. The molecule has 7 nitrogen and oxygen atoms in total. The maximum Gasteiger partial charge on any atom is 0.257 e. The molecular formula is C27H19N3O4S. The van der Waals surface area contributed by atoms with Gasteiger partial charge in [0.25, 0.3) is 5.91 Å². The first-order chi connectivity index (χ1) is 17.1. The number of benzene rings is 4. The molecule has 0 bridgehead atoms. The fourth-order valence-corrected chi connectivity index (χ4v) is 4.18. The smallest absolute Gasteiger partial charge is 0.257 e. The van der Waals surface area contributed by atoms with Crippen LogP contribution in [0.15, 0.2) is 83.3 Å². The van der Waals surface area contributed by atoms with E-state index in [0.29, 0.717) is 53.0 Å². The summed E-state index contributed by atoms with van der Waals surface area (Å²) < 4.78 is 17.0. The zero-order valence-corrected chi connectivity index (χ0v) is 19.2. The van der Waals surface area contributed by atoms with Crippen molar-refractivity contribution in [2.24, 2.45) is 0 Å². The lowest BCUT2D eigenvalue weighted by molar-refractivity contribution is 0.0976. The van der Waals surface area contributed by atoms with Crippen LogP contribution in [0.5, 0.6) is 11.5 Å². The molecule has 2 heterocycles. The van der Waals surface area contributed by atoms with Gasteiger partial charge in [0.1, 0.15) is 18.7 Å². The summed E-state index contributed by atoms with van der Waals surface area (Å²) in [5.74, 6) is 1.36. The van der Waals surface area contributed by atoms with Crippen LogP contribution in [-0.4, -0.2) is 29.2 Å². The molecule has 1 aromatic heterocycles. The average molecular weight is 482 g/mol. The van der Waals surface area contributed by atoms with Crippen molar-refractivity contribution in [3.05, 3.63) is 84.4 Å². The minimum absolute atomic E-state index is 0.169. The zero-order valence-electron chi connectivity index (χ0n) is 18.4. The highest BCUT2D eigenvalue weighted by atomic mass is 32.1. The van der Waals surface area contributed by atoms with Crippen molar-refractivity contribution in [3.8, 4) is 23.0 Å². The second kappa shape index (κ2) is 8.73. The summed E-state index contributed by atoms with van der Waals surface area (Å²) in [4.78, 5) is 17.3. The monoisotopic (exact) mass is 481 g/mol. The number of hydrogen-bond acceptors (Lipinski definition) is 6. The van der Waals surface area contributed by atoms with Crippen molar-refractivity contribution in [2.45, 2.75) is 0 Å². The molecule has 0 atom stereocenters. The van der Waals surface area contributed by atoms with Crippen molar-refractivity contribution in [1.82, 2.24) is 10.3 Å². The zero-order chi connectivity index (χ0) is 23.8. The molecular weight excluding hydrogens is 462 g/mol. The number of oxazole rings is 1. The normalized spacial score (nSPS) is 12.5. The van der Waals surface area contributed by atoms with Crippen LogP contribution in [-0.2, 0) is 0 Å². The Labute approximate surface area is 205 Å². The molecule has 6 rings (SSSR count). The number of hydrogen-bond donors (Lipinski definition) is 2. The number of amides is 1. The Kier molecular flexibility index (Phi) is 5.27. The fraction of sp³-hybridized carbons (Fsp3) is 0.0741. The van der Waals surface area contributed by atoms with Crippen LogP contribution in [0.3, 0.4) is 0 Å². The lowest BCUT2D eigenvalue weighted by Crippen LogP contribution is -2.34. The standard InChI is InChI=1S/C27H19N3O4S/c31-25(18-7-9-23-24(14-18)33-12-11-32-23)30-27(35)28-20-8-10-22-21(15-20)29-26(34-22)19-6-5-16-3-1-2-4-17(16)13-19/h1-10,13-15H,11-12H2,(H2,28,30,31,35). The van der Waals surface area contributed by atoms with Gasteiger partial charge < -0.3 is 19.2 Å². The molecule has 1 aliphatic heterocycles. The minimum atomic E-state index is -0.347. The summed E-state index contributed by atoms with van der Waals surface area (Å²) >= 11 is 5.34. The molecule has 1 aliphatic rings. The maximum absolute atomic E-state index is 12.6. The van der Waals surface area contributed by atoms with Crippen molar-refractivity contribution >= 4 is 50.8 Å². The van der Waals surface area contributed by atoms with Crippen LogP contribution in [0.2, 0.25) is 0 Å². The highest BCUT2D eigenvalue weighted by molar-refractivity contribution is 7.80. The molecule has 0 fully saturated rings. The number of thiocarbonyl (C=S) groups is 1. The summed E-state index contributed by atoms with van der Waals surface area (Å²) in [5.41, 5.74) is 3.34. The number of carbonyl (C=O) groups is 1. The van der Waals surface area contributed by atoms with Gasteiger partial charge in [-0.3, -0.25) is 10.1 Å². The van der Waals surface area contributed by atoms with Gasteiger partial charge in [-0.1, -0.05) is 30.3 Å². The summed E-state index contributed by atoms with van der Waals surface area (Å²) in [5, 5.41) is 8.17. The van der Waals surface area contributed by atoms with Crippen molar-refractivity contribution in [2.75, 3.05) is 18.5 Å². The van der Waals surface area contributed by atoms with Crippen LogP contribution < -0.4 is 20.1 Å². The lowest BCUT2D eigenvalue weighted by atomic mass is 10.1. The molecule has 4 aromatic carbocycles.